The number of nitrogens with zero attached hydrogens (tertiary/aromatic N) is 4. The molecule has 3 aliphatic rings. The zero-order valence-electron chi connectivity index (χ0n) is 23.0. The summed E-state index contributed by atoms with van der Waals surface area (Å²) in [4.78, 5) is 24.0. The van der Waals surface area contributed by atoms with Gasteiger partial charge in [-0.2, -0.15) is 0 Å². The minimum Gasteiger partial charge on any atom is -0.496 e. The van der Waals surface area contributed by atoms with Crippen LogP contribution in [0.3, 0.4) is 0 Å². The van der Waals surface area contributed by atoms with Crippen molar-refractivity contribution in [2.24, 2.45) is 0 Å². The topological polar surface area (TPSA) is 106 Å². The zero-order chi connectivity index (χ0) is 27.6. The molecule has 4 heterocycles. The van der Waals surface area contributed by atoms with Gasteiger partial charge in [0.1, 0.15) is 34.2 Å². The summed E-state index contributed by atoms with van der Waals surface area (Å²) in [5.74, 6) is 2.82. The second-order valence-electron chi connectivity index (χ2n) is 11.7. The Labute approximate surface area is 233 Å². The van der Waals surface area contributed by atoms with Crippen LogP contribution >= 0.6 is 0 Å². The van der Waals surface area contributed by atoms with Crippen LogP contribution in [0.1, 0.15) is 79.8 Å². The molecule has 1 amide bonds. The van der Waals surface area contributed by atoms with Gasteiger partial charge in [0, 0.05) is 48.4 Å². The van der Waals surface area contributed by atoms with Crippen molar-refractivity contribution in [2.45, 2.75) is 68.9 Å². The van der Waals surface area contributed by atoms with Crippen molar-refractivity contribution in [3.05, 3.63) is 77.4 Å². The smallest absolute Gasteiger partial charge is 0.222 e. The Morgan fingerprint density at radius 1 is 1.07 bits per heavy atom. The van der Waals surface area contributed by atoms with Crippen LogP contribution in [-0.4, -0.2) is 50.0 Å². The van der Waals surface area contributed by atoms with Crippen LogP contribution in [0.2, 0.25) is 0 Å². The second-order valence-corrected chi connectivity index (χ2v) is 11.7. The Morgan fingerprint density at radius 3 is 2.70 bits per heavy atom. The number of rotatable bonds is 6. The maximum absolute atomic E-state index is 12.5. The third-order valence-electron chi connectivity index (χ3n) is 9.19. The van der Waals surface area contributed by atoms with Crippen LogP contribution < -0.4 is 10.5 Å². The molecule has 40 heavy (non-hydrogen) atoms. The first-order valence-electron chi connectivity index (χ1n) is 14.3. The summed E-state index contributed by atoms with van der Waals surface area (Å²) in [6, 6.07) is 14.4. The Balaban J connectivity index is 1.29. The fourth-order valence-corrected chi connectivity index (χ4v) is 6.76. The van der Waals surface area contributed by atoms with E-state index in [-0.39, 0.29) is 11.8 Å². The van der Waals surface area contributed by atoms with Gasteiger partial charge in [-0.05, 0) is 62.1 Å². The van der Waals surface area contributed by atoms with Gasteiger partial charge in [-0.1, -0.05) is 36.4 Å². The fraction of sp³-hybridized carbons (Fsp3) is 0.406. The molecule has 0 unspecified atom stereocenters. The standard InChI is InChI=1S/C32H35N5O3/c1-32(39,23-5-3-4-20(16-23)19-6-7-19)25-12-9-21(17-26(25)40-2)28-29-30(33)34-14-15-36(29)31(35-28)22-8-10-24-11-13-27(38)37(24)18-22/h3-5,9,12,14-17,19,22,24,39H,6-8,10-11,13,18H2,1-2H3,(H2,33,34)/t22-,24+,32-/m1/s1. The third kappa shape index (κ3) is 4.04. The molecule has 0 bridgehead atoms. The van der Waals surface area contributed by atoms with Crippen LogP contribution in [-0.2, 0) is 10.4 Å². The number of hydrogen-bond donors (Lipinski definition) is 2. The van der Waals surface area contributed by atoms with Crippen molar-refractivity contribution >= 4 is 17.2 Å². The predicted octanol–water partition coefficient (Wildman–Crippen LogP) is 4.99. The number of amides is 1. The molecular weight excluding hydrogens is 502 g/mol. The number of fused-ring (bicyclic) bond motifs is 2. The fourth-order valence-electron chi connectivity index (χ4n) is 6.76. The first kappa shape index (κ1) is 25.1. The number of benzene rings is 2. The predicted molar refractivity (Wildman–Crippen MR) is 153 cm³/mol. The number of methoxy groups -OCH3 is 1. The van der Waals surface area contributed by atoms with Crippen molar-refractivity contribution in [2.75, 3.05) is 19.4 Å². The van der Waals surface area contributed by atoms with Crippen LogP contribution in [0.15, 0.2) is 54.9 Å². The molecule has 3 fully saturated rings. The lowest BCUT2D eigenvalue weighted by Gasteiger charge is -2.34. The SMILES string of the molecule is COc1cc(-c2nc([C@@H]3CC[C@H]4CCC(=O)N4C3)n3ccnc(N)c23)ccc1[C@](C)(O)c1cccc(C2CC2)c1. The summed E-state index contributed by atoms with van der Waals surface area (Å²) in [6.45, 7) is 2.49. The molecule has 7 rings (SSSR count). The maximum atomic E-state index is 12.5. The van der Waals surface area contributed by atoms with Crippen LogP contribution in [0.5, 0.6) is 5.75 Å². The highest BCUT2D eigenvalue weighted by atomic mass is 16.5. The Bertz CT molecular complexity index is 1620. The van der Waals surface area contributed by atoms with E-state index >= 15 is 0 Å². The van der Waals surface area contributed by atoms with E-state index in [1.165, 1.54) is 18.4 Å². The van der Waals surface area contributed by atoms with E-state index in [4.69, 9.17) is 15.5 Å². The second kappa shape index (κ2) is 9.34. The van der Waals surface area contributed by atoms with Gasteiger partial charge >= 0.3 is 0 Å². The number of hydrogen-bond acceptors (Lipinski definition) is 6. The molecule has 2 aliphatic heterocycles. The average molecular weight is 538 g/mol. The van der Waals surface area contributed by atoms with E-state index in [1.807, 2.05) is 52.8 Å². The Morgan fingerprint density at radius 2 is 1.90 bits per heavy atom. The molecule has 8 heteroatoms. The minimum atomic E-state index is -1.24. The molecule has 2 aromatic heterocycles. The minimum absolute atomic E-state index is 0.113. The average Bonchev–Trinajstić information content (AvgIpc) is 3.66. The molecule has 1 saturated carbocycles. The molecule has 2 aromatic carbocycles. The van der Waals surface area contributed by atoms with Gasteiger partial charge in [0.15, 0.2) is 0 Å². The van der Waals surface area contributed by atoms with Crippen LogP contribution in [0.4, 0.5) is 5.82 Å². The van der Waals surface area contributed by atoms with Crippen LogP contribution in [0, 0.1) is 0 Å². The number of carbonyl (C=O) groups is 1. The van der Waals surface area contributed by atoms with Gasteiger partial charge in [0.2, 0.25) is 5.91 Å². The highest BCUT2D eigenvalue weighted by Gasteiger charge is 2.38. The molecule has 2 saturated heterocycles. The lowest BCUT2D eigenvalue weighted by Crippen LogP contribution is -2.41. The largest absolute Gasteiger partial charge is 0.496 e. The van der Waals surface area contributed by atoms with E-state index < -0.39 is 5.60 Å². The van der Waals surface area contributed by atoms with Crippen LogP contribution in [0.25, 0.3) is 16.8 Å². The monoisotopic (exact) mass is 537 g/mol. The summed E-state index contributed by atoms with van der Waals surface area (Å²) in [5.41, 5.74) is 10.3. The molecule has 3 atom stereocenters. The highest BCUT2D eigenvalue weighted by Crippen LogP contribution is 2.44. The van der Waals surface area contributed by atoms with Crippen molar-refractivity contribution in [3.8, 4) is 17.0 Å². The molecule has 4 aromatic rings. The van der Waals surface area contributed by atoms with Gasteiger partial charge in [-0.3, -0.25) is 9.20 Å². The number of aromatic nitrogens is 3. The summed E-state index contributed by atoms with van der Waals surface area (Å²) < 4.78 is 7.88. The normalized spacial score (nSPS) is 22.4. The van der Waals surface area contributed by atoms with E-state index in [9.17, 15) is 9.90 Å². The van der Waals surface area contributed by atoms with E-state index in [0.29, 0.717) is 42.1 Å². The van der Waals surface area contributed by atoms with Crippen molar-refractivity contribution in [1.29, 1.82) is 0 Å². The van der Waals surface area contributed by atoms with Gasteiger partial charge in [-0.15, -0.1) is 0 Å². The van der Waals surface area contributed by atoms with E-state index in [1.54, 1.807) is 13.3 Å². The molecule has 8 nitrogen and oxygen atoms in total. The number of anilines is 1. The molecular formula is C32H35N5O3. The van der Waals surface area contributed by atoms with Crippen molar-refractivity contribution in [3.63, 3.8) is 0 Å². The summed E-state index contributed by atoms with van der Waals surface area (Å²) in [6.07, 6.45) is 9.57. The summed E-state index contributed by atoms with van der Waals surface area (Å²) >= 11 is 0. The van der Waals surface area contributed by atoms with E-state index in [0.717, 1.165) is 47.4 Å². The lowest BCUT2D eigenvalue weighted by molar-refractivity contribution is -0.130. The first-order valence-corrected chi connectivity index (χ1v) is 14.3. The zero-order valence-corrected chi connectivity index (χ0v) is 23.0. The molecule has 3 N–H and O–H groups in total. The number of ether oxygens (including phenoxy) is 1. The molecule has 1 aliphatic carbocycles. The third-order valence-corrected chi connectivity index (χ3v) is 9.19. The Kier molecular flexibility index (Phi) is 5.85. The summed E-state index contributed by atoms with van der Waals surface area (Å²) in [7, 11) is 1.62. The van der Waals surface area contributed by atoms with Crippen molar-refractivity contribution < 1.29 is 14.6 Å². The van der Waals surface area contributed by atoms with Gasteiger partial charge in [0.25, 0.3) is 0 Å². The van der Waals surface area contributed by atoms with E-state index in [2.05, 4.69) is 17.1 Å². The quantitative estimate of drug-likeness (QED) is 0.359. The number of nitrogen functional groups attached to an aromatic ring is 1. The van der Waals surface area contributed by atoms with Gasteiger partial charge in [-0.25, -0.2) is 9.97 Å². The number of carbonyl (C=O) groups excluding carboxylic acids is 1. The maximum Gasteiger partial charge on any atom is 0.222 e. The number of piperidine rings is 1. The Hall–Kier alpha value is -3.91. The van der Waals surface area contributed by atoms with Crippen molar-refractivity contribution in [1.82, 2.24) is 19.3 Å². The highest BCUT2D eigenvalue weighted by molar-refractivity contribution is 5.86. The number of nitrogens with two attached hydrogens (primary N) is 1. The van der Waals surface area contributed by atoms with Gasteiger partial charge < -0.3 is 20.5 Å². The molecule has 0 spiro atoms. The molecule has 0 radical (unpaired) electrons. The molecule has 206 valence electrons. The first-order chi connectivity index (χ1) is 19.3. The number of aliphatic hydroxyl groups is 1. The van der Waals surface area contributed by atoms with Gasteiger partial charge in [0.05, 0.1) is 7.11 Å². The number of imidazole rings is 1. The summed E-state index contributed by atoms with van der Waals surface area (Å²) in [5, 5.41) is 11.8. The lowest BCUT2D eigenvalue weighted by atomic mass is 9.85.